The van der Waals surface area contributed by atoms with Crippen LogP contribution in [0.1, 0.15) is 140 Å². The highest BCUT2D eigenvalue weighted by atomic mass is 16.5. The van der Waals surface area contributed by atoms with Gasteiger partial charge in [0.15, 0.2) is 0 Å². The van der Waals surface area contributed by atoms with Gasteiger partial charge in [-0.25, -0.2) is 9.59 Å². The van der Waals surface area contributed by atoms with Gasteiger partial charge in [0.1, 0.15) is 0 Å². The van der Waals surface area contributed by atoms with Crippen molar-refractivity contribution in [3.63, 3.8) is 0 Å². The summed E-state index contributed by atoms with van der Waals surface area (Å²) in [5.74, 6) is 1.91. The van der Waals surface area contributed by atoms with Crippen LogP contribution >= 0.6 is 0 Å². The molecule has 0 saturated heterocycles. The Morgan fingerprint density at radius 3 is 2.04 bits per heavy atom. The zero-order valence-corrected chi connectivity index (χ0v) is 32.1. The lowest BCUT2D eigenvalue weighted by molar-refractivity contribution is -0.144. The number of esters is 2. The number of benzene rings is 2. The number of carbonyl (C=O) groups excluding carboxylic acids is 2. The van der Waals surface area contributed by atoms with Gasteiger partial charge in [-0.15, -0.1) is 0 Å². The first-order chi connectivity index (χ1) is 24.7. The van der Waals surface area contributed by atoms with Gasteiger partial charge in [0.05, 0.1) is 25.4 Å². The van der Waals surface area contributed by atoms with Crippen LogP contribution in [0.3, 0.4) is 0 Å². The summed E-state index contributed by atoms with van der Waals surface area (Å²) in [6, 6.07) is 16.6. The predicted molar refractivity (Wildman–Crippen MR) is 210 cm³/mol. The third-order valence-electron chi connectivity index (χ3n) is 12.0. The van der Waals surface area contributed by atoms with Gasteiger partial charge in [0.2, 0.25) is 0 Å². The minimum absolute atomic E-state index is 0.0543. The summed E-state index contributed by atoms with van der Waals surface area (Å²) < 4.78 is 10.9. The summed E-state index contributed by atoms with van der Waals surface area (Å²) in [5.41, 5.74) is 7.68. The van der Waals surface area contributed by atoms with Gasteiger partial charge < -0.3 is 14.6 Å². The number of aryl methyl sites for hydroxylation is 2. The van der Waals surface area contributed by atoms with E-state index in [0.717, 1.165) is 31.1 Å². The van der Waals surface area contributed by atoms with Crippen LogP contribution in [0.4, 0.5) is 0 Å². The highest BCUT2D eigenvalue weighted by Gasteiger charge is 2.30. The molecule has 2 aromatic rings. The first-order valence-electron chi connectivity index (χ1n) is 20.2. The number of hydrogen-bond donors (Lipinski definition) is 1. The summed E-state index contributed by atoms with van der Waals surface area (Å²) in [5, 5.41) is 9.14. The van der Waals surface area contributed by atoms with Gasteiger partial charge in [0.25, 0.3) is 0 Å². The van der Waals surface area contributed by atoms with Crippen LogP contribution in [0.5, 0.6) is 0 Å². The van der Waals surface area contributed by atoms with Gasteiger partial charge in [0, 0.05) is 5.57 Å². The topological polar surface area (TPSA) is 72.8 Å². The van der Waals surface area contributed by atoms with E-state index in [0.29, 0.717) is 30.4 Å². The molecule has 1 atom stereocenters. The molecule has 5 heteroatoms. The van der Waals surface area contributed by atoms with Gasteiger partial charge in [-0.05, 0) is 129 Å². The number of aliphatic hydroxyl groups is 1. The van der Waals surface area contributed by atoms with Crippen molar-refractivity contribution < 1.29 is 24.2 Å². The standard InChI is InChI=1S/C46H66O5/c1-6-8-9-10-11-38-26-27-43(30-37(38)7-2)41-24-22-40(23-25-41)39-18-14-35(15-19-39)12-13-36-16-20-42(21-17-36)44(32-51-45(48)33(3)4)28-29-50-46(49)34(5)31-47/h22-27,30,35-36,39,42,44,47H,3,5-21,28-29,31-32H2,1-2,4H3. The fraction of sp³-hybridized carbons (Fsp3) is 0.609. The van der Waals surface area contributed by atoms with E-state index < -0.39 is 12.6 Å². The maximum Gasteiger partial charge on any atom is 0.335 e. The molecule has 0 amide bonds. The maximum atomic E-state index is 12.1. The van der Waals surface area contributed by atoms with Crippen LogP contribution in [-0.2, 0) is 31.9 Å². The van der Waals surface area contributed by atoms with E-state index in [2.05, 4.69) is 69.5 Å². The average Bonchev–Trinajstić information content (AvgIpc) is 3.17. The molecule has 0 spiro atoms. The van der Waals surface area contributed by atoms with Gasteiger partial charge in [-0.2, -0.15) is 0 Å². The Labute approximate surface area is 309 Å². The largest absolute Gasteiger partial charge is 0.462 e. The predicted octanol–water partition coefficient (Wildman–Crippen LogP) is 11.1. The number of unbranched alkanes of at least 4 members (excludes halogenated alkanes) is 3. The van der Waals surface area contributed by atoms with Crippen molar-refractivity contribution in [3.8, 4) is 11.1 Å². The second kappa shape index (κ2) is 21.4. The van der Waals surface area contributed by atoms with E-state index in [4.69, 9.17) is 14.6 Å². The summed E-state index contributed by atoms with van der Waals surface area (Å²) in [6.07, 6.45) is 20.7. The van der Waals surface area contributed by atoms with E-state index in [9.17, 15) is 9.59 Å². The Morgan fingerprint density at radius 2 is 1.43 bits per heavy atom. The zero-order chi connectivity index (χ0) is 36.6. The number of hydrogen-bond acceptors (Lipinski definition) is 5. The van der Waals surface area contributed by atoms with E-state index in [-0.39, 0.29) is 24.1 Å². The van der Waals surface area contributed by atoms with Gasteiger partial charge in [-0.3, -0.25) is 0 Å². The Morgan fingerprint density at radius 1 is 0.784 bits per heavy atom. The van der Waals surface area contributed by atoms with E-state index in [1.807, 2.05) is 0 Å². The Kier molecular flexibility index (Phi) is 17.0. The number of aliphatic hydroxyl groups excluding tert-OH is 1. The van der Waals surface area contributed by atoms with Crippen LogP contribution in [0.25, 0.3) is 11.1 Å². The molecular formula is C46H66O5. The molecule has 0 aliphatic heterocycles. The zero-order valence-electron chi connectivity index (χ0n) is 32.1. The SMILES string of the molecule is C=C(C)C(=O)OCC(CCOC(=O)C(=C)CO)C1CCC(CCC2CCC(c3ccc(-c4ccc(CCCCCC)c(CC)c4)cc3)CC2)CC1. The van der Waals surface area contributed by atoms with Crippen LogP contribution in [0.15, 0.2) is 66.8 Å². The van der Waals surface area contributed by atoms with Gasteiger partial charge in [-0.1, -0.05) is 114 Å². The number of rotatable bonds is 20. The first kappa shape index (κ1) is 40.6. The van der Waals surface area contributed by atoms with Crippen LogP contribution in [0.2, 0.25) is 0 Å². The van der Waals surface area contributed by atoms with Crippen molar-refractivity contribution in [3.05, 3.63) is 83.5 Å². The fourth-order valence-corrected chi connectivity index (χ4v) is 8.50. The molecule has 2 aliphatic carbocycles. The van der Waals surface area contributed by atoms with Crippen LogP contribution < -0.4 is 0 Å². The minimum Gasteiger partial charge on any atom is -0.462 e. The van der Waals surface area contributed by atoms with E-state index in [1.54, 1.807) is 6.92 Å². The number of carbonyl (C=O) groups is 2. The Hall–Kier alpha value is -3.18. The van der Waals surface area contributed by atoms with Crippen LogP contribution in [-0.4, -0.2) is 36.9 Å². The first-order valence-corrected chi connectivity index (χ1v) is 20.2. The van der Waals surface area contributed by atoms with E-state index in [1.165, 1.54) is 111 Å². The molecule has 4 rings (SSSR count). The molecule has 51 heavy (non-hydrogen) atoms. The molecule has 1 N–H and O–H groups in total. The highest BCUT2D eigenvalue weighted by molar-refractivity contribution is 5.88. The molecule has 0 heterocycles. The summed E-state index contributed by atoms with van der Waals surface area (Å²) in [7, 11) is 0. The van der Waals surface area contributed by atoms with Crippen molar-refractivity contribution in [2.45, 2.75) is 136 Å². The molecule has 2 aliphatic rings. The molecule has 5 nitrogen and oxygen atoms in total. The number of ether oxygens (including phenoxy) is 2. The third-order valence-corrected chi connectivity index (χ3v) is 12.0. The Bertz CT molecular complexity index is 1390. The lowest BCUT2D eigenvalue weighted by Gasteiger charge is -2.35. The Balaban J connectivity index is 1.19. The second-order valence-corrected chi connectivity index (χ2v) is 15.7. The summed E-state index contributed by atoms with van der Waals surface area (Å²) >= 11 is 0. The molecule has 0 radical (unpaired) electrons. The quantitative estimate of drug-likeness (QED) is 0.0846. The lowest BCUT2D eigenvalue weighted by atomic mass is 9.72. The maximum absolute atomic E-state index is 12.1. The fourth-order valence-electron chi connectivity index (χ4n) is 8.50. The van der Waals surface area contributed by atoms with Crippen molar-refractivity contribution in [1.29, 1.82) is 0 Å². The summed E-state index contributed by atoms with van der Waals surface area (Å²) in [6.45, 7) is 13.6. The molecule has 0 aromatic heterocycles. The molecule has 2 aromatic carbocycles. The van der Waals surface area contributed by atoms with E-state index >= 15 is 0 Å². The van der Waals surface area contributed by atoms with Crippen molar-refractivity contribution in [2.75, 3.05) is 19.8 Å². The van der Waals surface area contributed by atoms with Crippen molar-refractivity contribution >= 4 is 11.9 Å². The van der Waals surface area contributed by atoms with Crippen molar-refractivity contribution in [2.24, 2.45) is 23.7 Å². The summed E-state index contributed by atoms with van der Waals surface area (Å²) in [4.78, 5) is 24.1. The second-order valence-electron chi connectivity index (χ2n) is 15.7. The lowest BCUT2D eigenvalue weighted by Crippen LogP contribution is -2.28. The normalized spacial score (nSPS) is 21.1. The van der Waals surface area contributed by atoms with Gasteiger partial charge >= 0.3 is 11.9 Å². The smallest absolute Gasteiger partial charge is 0.335 e. The highest BCUT2D eigenvalue weighted by Crippen LogP contribution is 2.41. The van der Waals surface area contributed by atoms with Crippen LogP contribution in [0, 0.1) is 23.7 Å². The molecule has 2 fully saturated rings. The monoisotopic (exact) mass is 698 g/mol. The molecule has 280 valence electrons. The average molecular weight is 699 g/mol. The molecule has 2 saturated carbocycles. The minimum atomic E-state index is -0.569. The molecule has 0 bridgehead atoms. The molecule has 1 unspecified atom stereocenters. The third kappa shape index (κ3) is 12.8. The molecular weight excluding hydrogens is 633 g/mol. The van der Waals surface area contributed by atoms with Crippen molar-refractivity contribution in [1.82, 2.24) is 0 Å².